The van der Waals surface area contributed by atoms with Crippen LogP contribution in [0.2, 0.25) is 0 Å². The van der Waals surface area contributed by atoms with Gasteiger partial charge in [0.2, 0.25) is 0 Å². The molecule has 1 aromatic rings. The van der Waals surface area contributed by atoms with E-state index in [4.69, 9.17) is 4.74 Å². The predicted octanol–water partition coefficient (Wildman–Crippen LogP) is 0.993. The third-order valence-electron chi connectivity index (χ3n) is 4.67. The SMILES string of the molecule is CN(C)C[C@@H]1CO[C@@]2(CCCN(C(=O)c3ccn(C)n3)C2)C1. The van der Waals surface area contributed by atoms with Gasteiger partial charge in [-0.25, -0.2) is 0 Å². The van der Waals surface area contributed by atoms with Crippen LogP contribution in [0.4, 0.5) is 0 Å². The largest absolute Gasteiger partial charge is 0.373 e. The Morgan fingerprint density at radius 3 is 3.05 bits per heavy atom. The van der Waals surface area contributed by atoms with Crippen molar-refractivity contribution >= 4 is 5.91 Å². The fourth-order valence-corrected chi connectivity index (χ4v) is 3.82. The molecule has 3 heterocycles. The maximum Gasteiger partial charge on any atom is 0.274 e. The van der Waals surface area contributed by atoms with Gasteiger partial charge in [-0.1, -0.05) is 0 Å². The minimum Gasteiger partial charge on any atom is -0.373 e. The summed E-state index contributed by atoms with van der Waals surface area (Å²) in [5, 5.41) is 4.23. The Hall–Kier alpha value is -1.40. The van der Waals surface area contributed by atoms with E-state index in [2.05, 4.69) is 24.1 Å². The smallest absolute Gasteiger partial charge is 0.274 e. The van der Waals surface area contributed by atoms with Crippen LogP contribution < -0.4 is 0 Å². The average molecular weight is 306 g/mol. The Labute approximate surface area is 132 Å². The molecule has 1 amide bonds. The molecule has 1 aromatic heterocycles. The van der Waals surface area contributed by atoms with E-state index in [1.165, 1.54) is 0 Å². The fourth-order valence-electron chi connectivity index (χ4n) is 3.82. The second-order valence-electron chi connectivity index (χ2n) is 7.03. The third kappa shape index (κ3) is 3.17. The number of ether oxygens (including phenoxy) is 1. The highest BCUT2D eigenvalue weighted by Crippen LogP contribution is 2.37. The number of likely N-dealkylation sites (tertiary alicyclic amines) is 1. The highest BCUT2D eigenvalue weighted by Gasteiger charge is 2.44. The Kier molecular flexibility index (Phi) is 4.23. The molecule has 0 aliphatic carbocycles. The van der Waals surface area contributed by atoms with Crippen molar-refractivity contribution in [2.45, 2.75) is 24.9 Å². The molecule has 0 aromatic carbocycles. The third-order valence-corrected chi connectivity index (χ3v) is 4.67. The van der Waals surface area contributed by atoms with Crippen LogP contribution in [0, 0.1) is 5.92 Å². The summed E-state index contributed by atoms with van der Waals surface area (Å²) in [6, 6.07) is 1.79. The highest BCUT2D eigenvalue weighted by atomic mass is 16.5. The standard InChI is InChI=1S/C16H26N4O2/c1-18(2)10-13-9-16(22-11-13)6-4-7-20(12-16)15(21)14-5-8-19(3)17-14/h5,8,13H,4,6-7,9-12H2,1-3H3/t13-,16+/m1/s1. The van der Waals surface area contributed by atoms with E-state index >= 15 is 0 Å². The molecule has 0 bridgehead atoms. The molecular weight excluding hydrogens is 280 g/mol. The lowest BCUT2D eigenvalue weighted by molar-refractivity contribution is -0.0451. The van der Waals surface area contributed by atoms with Crippen molar-refractivity contribution in [1.82, 2.24) is 19.6 Å². The number of rotatable bonds is 3. The molecule has 2 saturated heterocycles. The lowest BCUT2D eigenvalue weighted by Gasteiger charge is -2.39. The maximum absolute atomic E-state index is 12.6. The number of nitrogens with zero attached hydrogens (tertiary/aromatic N) is 4. The zero-order valence-corrected chi connectivity index (χ0v) is 13.8. The molecule has 122 valence electrons. The summed E-state index contributed by atoms with van der Waals surface area (Å²) >= 11 is 0. The van der Waals surface area contributed by atoms with E-state index in [-0.39, 0.29) is 11.5 Å². The molecule has 2 atom stereocenters. The number of piperidine rings is 1. The minimum atomic E-state index is -0.136. The fraction of sp³-hybridized carbons (Fsp3) is 0.750. The van der Waals surface area contributed by atoms with Gasteiger partial charge in [0.05, 0.1) is 18.8 Å². The van der Waals surface area contributed by atoms with Gasteiger partial charge in [-0.3, -0.25) is 9.48 Å². The molecule has 6 heteroatoms. The van der Waals surface area contributed by atoms with E-state index in [1.54, 1.807) is 10.7 Å². The number of carbonyl (C=O) groups excluding carboxylic acids is 1. The van der Waals surface area contributed by atoms with E-state index < -0.39 is 0 Å². The van der Waals surface area contributed by atoms with Gasteiger partial charge in [-0.15, -0.1) is 0 Å². The summed E-state index contributed by atoms with van der Waals surface area (Å²) < 4.78 is 7.84. The van der Waals surface area contributed by atoms with Crippen molar-refractivity contribution in [2.75, 3.05) is 40.3 Å². The summed E-state index contributed by atoms with van der Waals surface area (Å²) in [6.07, 6.45) is 4.93. The number of hydrogen-bond acceptors (Lipinski definition) is 4. The van der Waals surface area contributed by atoms with Crippen LogP contribution in [0.15, 0.2) is 12.3 Å². The van der Waals surface area contributed by atoms with Crippen molar-refractivity contribution < 1.29 is 9.53 Å². The zero-order valence-electron chi connectivity index (χ0n) is 13.8. The van der Waals surface area contributed by atoms with Crippen LogP contribution in [0.25, 0.3) is 0 Å². The predicted molar refractivity (Wildman–Crippen MR) is 83.7 cm³/mol. The Morgan fingerprint density at radius 2 is 2.36 bits per heavy atom. The first-order valence-electron chi connectivity index (χ1n) is 8.05. The molecule has 0 N–H and O–H groups in total. The van der Waals surface area contributed by atoms with Crippen molar-refractivity contribution in [3.8, 4) is 0 Å². The second-order valence-corrected chi connectivity index (χ2v) is 7.03. The molecular formula is C16H26N4O2. The molecule has 0 saturated carbocycles. The quantitative estimate of drug-likeness (QED) is 0.836. The Morgan fingerprint density at radius 1 is 1.55 bits per heavy atom. The van der Waals surface area contributed by atoms with Gasteiger partial charge in [0.1, 0.15) is 5.69 Å². The van der Waals surface area contributed by atoms with E-state index in [0.717, 1.165) is 39.0 Å². The van der Waals surface area contributed by atoms with Crippen LogP contribution in [-0.2, 0) is 11.8 Å². The van der Waals surface area contributed by atoms with Crippen LogP contribution in [0.5, 0.6) is 0 Å². The molecule has 3 rings (SSSR count). The van der Waals surface area contributed by atoms with Gasteiger partial charge in [0, 0.05) is 26.3 Å². The summed E-state index contributed by atoms with van der Waals surface area (Å²) in [6.45, 7) is 3.37. The molecule has 22 heavy (non-hydrogen) atoms. The molecule has 0 radical (unpaired) electrons. The Balaban J connectivity index is 1.66. The van der Waals surface area contributed by atoms with Crippen LogP contribution in [0.3, 0.4) is 0 Å². The van der Waals surface area contributed by atoms with Crippen molar-refractivity contribution in [1.29, 1.82) is 0 Å². The zero-order chi connectivity index (χ0) is 15.7. The maximum atomic E-state index is 12.6. The number of carbonyl (C=O) groups is 1. The van der Waals surface area contributed by atoms with Gasteiger partial charge >= 0.3 is 0 Å². The molecule has 6 nitrogen and oxygen atoms in total. The molecule has 2 aliphatic heterocycles. The van der Waals surface area contributed by atoms with Gasteiger partial charge in [-0.2, -0.15) is 5.10 Å². The van der Waals surface area contributed by atoms with E-state index in [1.807, 2.05) is 18.1 Å². The van der Waals surface area contributed by atoms with Crippen LogP contribution in [0.1, 0.15) is 29.8 Å². The van der Waals surface area contributed by atoms with Crippen molar-refractivity contribution in [2.24, 2.45) is 13.0 Å². The molecule has 1 spiro atoms. The normalized spacial score (nSPS) is 28.7. The number of hydrogen-bond donors (Lipinski definition) is 0. The summed E-state index contributed by atoms with van der Waals surface area (Å²) in [7, 11) is 6.03. The second kappa shape index (κ2) is 6.01. The van der Waals surface area contributed by atoms with Crippen LogP contribution >= 0.6 is 0 Å². The molecule has 0 unspecified atom stereocenters. The lowest BCUT2D eigenvalue weighted by Crippen LogP contribution is -2.50. The molecule has 2 fully saturated rings. The van der Waals surface area contributed by atoms with E-state index in [0.29, 0.717) is 18.2 Å². The van der Waals surface area contributed by atoms with Gasteiger partial charge in [0.15, 0.2) is 0 Å². The first-order chi connectivity index (χ1) is 10.5. The number of aryl methyl sites for hydroxylation is 1. The van der Waals surface area contributed by atoms with Crippen molar-refractivity contribution in [3.63, 3.8) is 0 Å². The first kappa shape index (κ1) is 15.5. The van der Waals surface area contributed by atoms with Crippen LogP contribution in [-0.4, -0.2) is 71.4 Å². The van der Waals surface area contributed by atoms with Gasteiger partial charge in [0.25, 0.3) is 5.91 Å². The highest BCUT2D eigenvalue weighted by molar-refractivity contribution is 5.92. The monoisotopic (exact) mass is 306 g/mol. The Bertz CT molecular complexity index is 542. The topological polar surface area (TPSA) is 50.6 Å². The minimum absolute atomic E-state index is 0.0272. The van der Waals surface area contributed by atoms with E-state index in [9.17, 15) is 4.79 Å². The van der Waals surface area contributed by atoms with Gasteiger partial charge in [-0.05, 0) is 45.3 Å². The number of amides is 1. The lowest BCUT2D eigenvalue weighted by atomic mass is 9.86. The van der Waals surface area contributed by atoms with Crippen molar-refractivity contribution in [3.05, 3.63) is 18.0 Å². The number of aromatic nitrogens is 2. The summed E-state index contributed by atoms with van der Waals surface area (Å²) in [5.41, 5.74) is 0.394. The summed E-state index contributed by atoms with van der Waals surface area (Å²) in [5.74, 6) is 0.597. The summed E-state index contributed by atoms with van der Waals surface area (Å²) in [4.78, 5) is 16.7. The average Bonchev–Trinajstić information content (AvgIpc) is 3.05. The first-order valence-corrected chi connectivity index (χ1v) is 8.05. The van der Waals surface area contributed by atoms with Gasteiger partial charge < -0.3 is 14.5 Å². The molecule has 2 aliphatic rings.